The minimum Gasteiger partial charge on any atom is -0.493 e. The fraction of sp³-hybridized carbons (Fsp3) is 0.312. The van der Waals surface area contributed by atoms with E-state index < -0.39 is 0 Å². The van der Waals surface area contributed by atoms with Crippen LogP contribution in [0.15, 0.2) is 36.7 Å². The Kier molecular flexibility index (Phi) is 5.84. The molecule has 0 saturated carbocycles. The first-order valence-electron chi connectivity index (χ1n) is 6.83. The fourth-order valence-corrected chi connectivity index (χ4v) is 2.06. The molecule has 0 spiro atoms. The van der Waals surface area contributed by atoms with Gasteiger partial charge in [-0.05, 0) is 30.3 Å². The number of nitrogens with zero attached hydrogens (tertiary/aromatic N) is 1. The molecular weight excluding hydrogens is 288 g/mol. The molecule has 4 nitrogen and oxygen atoms in total. The number of hydrogen-bond donors (Lipinski definition) is 1. The predicted octanol–water partition coefficient (Wildman–Crippen LogP) is 3.43. The Morgan fingerprint density at radius 3 is 2.81 bits per heavy atom. The highest BCUT2D eigenvalue weighted by Crippen LogP contribution is 2.29. The van der Waals surface area contributed by atoms with Crippen LogP contribution in [0.25, 0.3) is 0 Å². The van der Waals surface area contributed by atoms with Gasteiger partial charge in [0, 0.05) is 24.5 Å². The van der Waals surface area contributed by atoms with E-state index in [0.717, 1.165) is 24.2 Å². The van der Waals surface area contributed by atoms with Crippen molar-refractivity contribution in [3.8, 4) is 11.5 Å². The molecule has 0 saturated heterocycles. The van der Waals surface area contributed by atoms with Crippen molar-refractivity contribution in [3.05, 3.63) is 52.8 Å². The van der Waals surface area contributed by atoms with Gasteiger partial charge in [0.15, 0.2) is 11.5 Å². The largest absolute Gasteiger partial charge is 0.493 e. The van der Waals surface area contributed by atoms with Crippen LogP contribution in [0.3, 0.4) is 0 Å². The van der Waals surface area contributed by atoms with E-state index in [2.05, 4.69) is 17.2 Å². The molecule has 0 atom stereocenters. The lowest BCUT2D eigenvalue weighted by atomic mass is 10.2. The molecular formula is C16H19ClN2O2. The first kappa shape index (κ1) is 15.6. The van der Waals surface area contributed by atoms with E-state index in [9.17, 15) is 0 Å². The Labute approximate surface area is 130 Å². The monoisotopic (exact) mass is 306 g/mol. The number of ether oxygens (including phenoxy) is 2. The van der Waals surface area contributed by atoms with Gasteiger partial charge in [-0.3, -0.25) is 4.98 Å². The van der Waals surface area contributed by atoms with Crippen LogP contribution < -0.4 is 14.8 Å². The standard InChI is InChI=1S/C16H19ClN2O2/c1-3-18-9-12-4-5-15(20-2)16(8-12)21-11-13-6-7-19-10-14(13)17/h4-8,10,18H,3,9,11H2,1-2H3. The highest BCUT2D eigenvalue weighted by Gasteiger charge is 2.07. The second kappa shape index (κ2) is 7.86. The number of rotatable bonds is 7. The molecule has 0 amide bonds. The second-order valence-corrected chi connectivity index (χ2v) is 4.93. The Morgan fingerprint density at radius 1 is 1.24 bits per heavy atom. The van der Waals surface area contributed by atoms with E-state index in [1.165, 1.54) is 0 Å². The summed E-state index contributed by atoms with van der Waals surface area (Å²) in [6.45, 7) is 4.18. The smallest absolute Gasteiger partial charge is 0.161 e. The van der Waals surface area contributed by atoms with Gasteiger partial charge in [0.1, 0.15) is 6.61 Å². The van der Waals surface area contributed by atoms with Gasteiger partial charge in [0.25, 0.3) is 0 Å². The molecule has 21 heavy (non-hydrogen) atoms. The van der Waals surface area contributed by atoms with Crippen LogP contribution in [0.2, 0.25) is 5.02 Å². The summed E-state index contributed by atoms with van der Waals surface area (Å²) in [4.78, 5) is 3.96. The zero-order chi connectivity index (χ0) is 15.1. The molecule has 0 aliphatic carbocycles. The van der Waals surface area contributed by atoms with Crippen molar-refractivity contribution in [2.75, 3.05) is 13.7 Å². The van der Waals surface area contributed by atoms with Crippen LogP contribution >= 0.6 is 11.6 Å². The van der Waals surface area contributed by atoms with Gasteiger partial charge in [0.05, 0.1) is 12.1 Å². The topological polar surface area (TPSA) is 43.4 Å². The van der Waals surface area contributed by atoms with Crippen molar-refractivity contribution >= 4 is 11.6 Å². The molecule has 1 aromatic heterocycles. The van der Waals surface area contributed by atoms with Crippen LogP contribution in [0.5, 0.6) is 11.5 Å². The third-order valence-corrected chi connectivity index (χ3v) is 3.39. The van der Waals surface area contributed by atoms with Crippen molar-refractivity contribution in [3.63, 3.8) is 0 Å². The Morgan fingerprint density at radius 2 is 2.10 bits per heavy atom. The molecule has 2 aromatic rings. The molecule has 5 heteroatoms. The molecule has 0 aliphatic rings. The summed E-state index contributed by atoms with van der Waals surface area (Å²) in [5, 5.41) is 3.88. The zero-order valence-corrected chi connectivity index (χ0v) is 13.0. The van der Waals surface area contributed by atoms with Crippen molar-refractivity contribution in [2.24, 2.45) is 0 Å². The Bertz CT molecular complexity index is 590. The Balaban J connectivity index is 2.12. The van der Waals surface area contributed by atoms with Crippen LogP contribution in [0.4, 0.5) is 0 Å². The van der Waals surface area contributed by atoms with Crippen LogP contribution in [0.1, 0.15) is 18.1 Å². The van der Waals surface area contributed by atoms with Gasteiger partial charge in [-0.2, -0.15) is 0 Å². The highest BCUT2D eigenvalue weighted by molar-refractivity contribution is 6.31. The number of methoxy groups -OCH3 is 1. The minimum atomic E-state index is 0.377. The molecule has 0 unspecified atom stereocenters. The molecule has 0 bridgehead atoms. The fourth-order valence-electron chi connectivity index (χ4n) is 1.89. The summed E-state index contributed by atoms with van der Waals surface area (Å²) in [7, 11) is 1.63. The number of hydrogen-bond acceptors (Lipinski definition) is 4. The zero-order valence-electron chi connectivity index (χ0n) is 12.2. The van der Waals surface area contributed by atoms with E-state index in [1.54, 1.807) is 19.5 Å². The average Bonchev–Trinajstić information content (AvgIpc) is 2.52. The van der Waals surface area contributed by atoms with E-state index in [4.69, 9.17) is 21.1 Å². The summed E-state index contributed by atoms with van der Waals surface area (Å²) in [5.74, 6) is 1.42. The summed E-state index contributed by atoms with van der Waals surface area (Å²) in [6, 6.07) is 7.76. The van der Waals surface area contributed by atoms with Gasteiger partial charge in [-0.1, -0.05) is 24.6 Å². The van der Waals surface area contributed by atoms with E-state index in [1.807, 2.05) is 24.3 Å². The maximum absolute atomic E-state index is 6.08. The van der Waals surface area contributed by atoms with Crippen LogP contribution in [-0.4, -0.2) is 18.6 Å². The molecule has 0 aliphatic heterocycles. The molecule has 112 valence electrons. The molecule has 1 heterocycles. The quantitative estimate of drug-likeness (QED) is 0.851. The van der Waals surface area contributed by atoms with Crippen LogP contribution in [0, 0.1) is 0 Å². The summed E-state index contributed by atoms with van der Waals surface area (Å²) >= 11 is 6.08. The number of benzene rings is 1. The lowest BCUT2D eigenvalue weighted by Gasteiger charge is -2.13. The van der Waals surface area contributed by atoms with Gasteiger partial charge in [0.2, 0.25) is 0 Å². The second-order valence-electron chi connectivity index (χ2n) is 4.52. The highest BCUT2D eigenvalue weighted by atomic mass is 35.5. The van der Waals surface area contributed by atoms with Gasteiger partial charge >= 0.3 is 0 Å². The maximum Gasteiger partial charge on any atom is 0.161 e. The van der Waals surface area contributed by atoms with Gasteiger partial charge in [-0.25, -0.2) is 0 Å². The third kappa shape index (κ3) is 4.34. The molecule has 0 fully saturated rings. The molecule has 1 N–H and O–H groups in total. The van der Waals surface area contributed by atoms with Crippen molar-refractivity contribution in [1.82, 2.24) is 10.3 Å². The first-order chi connectivity index (χ1) is 10.2. The van der Waals surface area contributed by atoms with Gasteiger partial charge < -0.3 is 14.8 Å². The first-order valence-corrected chi connectivity index (χ1v) is 7.21. The molecule has 1 aromatic carbocycles. The van der Waals surface area contributed by atoms with Crippen LogP contribution in [-0.2, 0) is 13.2 Å². The van der Waals surface area contributed by atoms with E-state index in [-0.39, 0.29) is 0 Å². The van der Waals surface area contributed by atoms with Crippen molar-refractivity contribution < 1.29 is 9.47 Å². The number of aromatic nitrogens is 1. The van der Waals surface area contributed by atoms with Crippen molar-refractivity contribution in [2.45, 2.75) is 20.1 Å². The number of pyridine rings is 1. The Hall–Kier alpha value is -1.78. The number of nitrogens with one attached hydrogen (secondary N) is 1. The summed E-state index contributed by atoms with van der Waals surface area (Å²) < 4.78 is 11.2. The maximum atomic E-state index is 6.08. The normalized spacial score (nSPS) is 10.4. The number of halogens is 1. The van der Waals surface area contributed by atoms with Crippen molar-refractivity contribution in [1.29, 1.82) is 0 Å². The summed E-state index contributed by atoms with van der Waals surface area (Å²) in [5.41, 5.74) is 2.04. The third-order valence-electron chi connectivity index (χ3n) is 3.05. The van der Waals surface area contributed by atoms with Gasteiger partial charge in [-0.15, -0.1) is 0 Å². The summed E-state index contributed by atoms with van der Waals surface area (Å²) in [6.07, 6.45) is 3.31. The van der Waals surface area contributed by atoms with E-state index >= 15 is 0 Å². The molecule has 0 radical (unpaired) electrons. The SMILES string of the molecule is CCNCc1ccc(OC)c(OCc2ccncc2Cl)c1. The average molecular weight is 307 g/mol. The predicted molar refractivity (Wildman–Crippen MR) is 84.0 cm³/mol. The minimum absolute atomic E-state index is 0.377. The lowest BCUT2D eigenvalue weighted by molar-refractivity contribution is 0.284. The van der Waals surface area contributed by atoms with E-state index in [0.29, 0.717) is 23.1 Å². The lowest BCUT2D eigenvalue weighted by Crippen LogP contribution is -2.11. The molecule has 2 rings (SSSR count).